The number of nitrogens with zero attached hydrogens (tertiary/aromatic N) is 2. The smallest absolute Gasteiger partial charge is 0.223 e. The maximum Gasteiger partial charge on any atom is 0.223 e. The van der Waals surface area contributed by atoms with Crippen molar-refractivity contribution in [3.63, 3.8) is 0 Å². The minimum Gasteiger partial charge on any atom is -0.474 e. The van der Waals surface area contributed by atoms with Gasteiger partial charge in [0.15, 0.2) is 0 Å². The van der Waals surface area contributed by atoms with Crippen LogP contribution in [0, 0.1) is 0 Å². The molecule has 0 amide bonds. The minimum absolute atomic E-state index is 0.0371. The van der Waals surface area contributed by atoms with E-state index < -0.39 is 5.54 Å². The Hall–Kier alpha value is -1.04. The molecule has 0 spiro atoms. The summed E-state index contributed by atoms with van der Waals surface area (Å²) >= 11 is 7.97. The number of hydrogen-bond donors (Lipinski definition) is 1. The fraction of sp³-hybridized carbons (Fsp3) is 0.579. The first kappa shape index (κ1) is 20.3. The summed E-state index contributed by atoms with van der Waals surface area (Å²) in [5.74, 6) is 0.583. The van der Waals surface area contributed by atoms with Crippen LogP contribution in [0.1, 0.15) is 53.0 Å². The van der Waals surface area contributed by atoms with Gasteiger partial charge in [-0.05, 0) is 50.0 Å². The summed E-state index contributed by atoms with van der Waals surface area (Å²) in [6, 6.07) is 1.85. The minimum atomic E-state index is -0.485. The molecule has 2 aromatic heterocycles. The van der Waals surface area contributed by atoms with Crippen molar-refractivity contribution < 1.29 is 4.74 Å². The molecular weight excluding hydrogens is 354 g/mol. The van der Waals surface area contributed by atoms with Crippen molar-refractivity contribution in [1.29, 1.82) is 0 Å². The van der Waals surface area contributed by atoms with Crippen molar-refractivity contribution in [2.45, 2.75) is 63.9 Å². The van der Waals surface area contributed by atoms with Crippen molar-refractivity contribution in [2.75, 3.05) is 6.26 Å². The van der Waals surface area contributed by atoms with Crippen LogP contribution in [0.3, 0.4) is 0 Å². The number of hydrogen-bond acceptors (Lipinski definition) is 5. The fourth-order valence-electron chi connectivity index (χ4n) is 2.83. The SMILES string of the molecule is CC[C@@](C)(N)c1cnc(OC(C)CC(C)(C)SC)c2cnc(Cl)cc12. The van der Waals surface area contributed by atoms with Crippen LogP contribution in [-0.4, -0.2) is 27.1 Å². The number of ether oxygens (including phenoxy) is 1. The van der Waals surface area contributed by atoms with Crippen LogP contribution in [0.15, 0.2) is 18.5 Å². The number of halogens is 1. The molecule has 2 aromatic rings. The van der Waals surface area contributed by atoms with Crippen LogP contribution in [0.2, 0.25) is 5.15 Å². The predicted octanol–water partition coefficient (Wildman–Crippen LogP) is 5.17. The third kappa shape index (κ3) is 4.78. The van der Waals surface area contributed by atoms with Gasteiger partial charge in [0.1, 0.15) is 5.15 Å². The third-order valence-electron chi connectivity index (χ3n) is 4.70. The average Bonchev–Trinajstić information content (AvgIpc) is 2.54. The zero-order valence-electron chi connectivity index (χ0n) is 15.9. The second-order valence-corrected chi connectivity index (χ2v) is 9.30. The molecule has 0 radical (unpaired) electrons. The van der Waals surface area contributed by atoms with E-state index in [2.05, 4.69) is 43.9 Å². The van der Waals surface area contributed by atoms with Crippen molar-refractivity contribution in [1.82, 2.24) is 9.97 Å². The van der Waals surface area contributed by atoms with Crippen LogP contribution in [-0.2, 0) is 5.54 Å². The van der Waals surface area contributed by atoms with E-state index in [1.165, 1.54) is 0 Å². The molecule has 6 heteroatoms. The lowest BCUT2D eigenvalue weighted by atomic mass is 9.89. The quantitative estimate of drug-likeness (QED) is 0.670. The normalized spacial score (nSPS) is 15.8. The molecule has 0 bridgehead atoms. The summed E-state index contributed by atoms with van der Waals surface area (Å²) in [6.45, 7) is 10.6. The highest BCUT2D eigenvalue weighted by atomic mass is 35.5. The lowest BCUT2D eigenvalue weighted by Crippen LogP contribution is -2.32. The molecule has 4 nitrogen and oxygen atoms in total. The molecule has 0 saturated heterocycles. The lowest BCUT2D eigenvalue weighted by molar-refractivity contribution is 0.194. The van der Waals surface area contributed by atoms with E-state index in [1.54, 1.807) is 6.20 Å². The molecular formula is C19H28ClN3OS. The highest BCUT2D eigenvalue weighted by Crippen LogP contribution is 2.35. The van der Waals surface area contributed by atoms with Crippen LogP contribution in [0.25, 0.3) is 10.8 Å². The van der Waals surface area contributed by atoms with Crippen LogP contribution in [0.4, 0.5) is 0 Å². The summed E-state index contributed by atoms with van der Waals surface area (Å²) in [5, 5.41) is 2.24. The summed E-state index contributed by atoms with van der Waals surface area (Å²) < 4.78 is 6.31. The van der Waals surface area contributed by atoms with E-state index in [1.807, 2.05) is 30.9 Å². The molecule has 2 atom stereocenters. The Morgan fingerprint density at radius 2 is 1.92 bits per heavy atom. The molecule has 0 aliphatic rings. The van der Waals surface area contributed by atoms with E-state index in [4.69, 9.17) is 22.1 Å². The summed E-state index contributed by atoms with van der Waals surface area (Å²) in [4.78, 5) is 8.77. The molecule has 1 unspecified atom stereocenters. The molecule has 0 aliphatic carbocycles. The second kappa shape index (κ2) is 7.68. The average molecular weight is 382 g/mol. The Morgan fingerprint density at radius 1 is 1.24 bits per heavy atom. The Morgan fingerprint density at radius 3 is 2.52 bits per heavy atom. The van der Waals surface area contributed by atoms with E-state index in [0.29, 0.717) is 11.0 Å². The topological polar surface area (TPSA) is 61.0 Å². The first-order valence-electron chi connectivity index (χ1n) is 8.55. The summed E-state index contributed by atoms with van der Waals surface area (Å²) in [7, 11) is 0. The molecule has 2 heterocycles. The van der Waals surface area contributed by atoms with Crippen molar-refractivity contribution in [3.05, 3.63) is 29.2 Å². The number of fused-ring (bicyclic) bond motifs is 1. The Labute approximate surface area is 159 Å². The van der Waals surface area contributed by atoms with Gasteiger partial charge in [-0.25, -0.2) is 9.97 Å². The van der Waals surface area contributed by atoms with Gasteiger partial charge in [0.05, 0.1) is 11.5 Å². The van der Waals surface area contributed by atoms with Gasteiger partial charge in [-0.3, -0.25) is 0 Å². The number of rotatable bonds is 7. The Kier molecular flexibility index (Phi) is 6.23. The van der Waals surface area contributed by atoms with Gasteiger partial charge in [0.25, 0.3) is 0 Å². The van der Waals surface area contributed by atoms with Gasteiger partial charge in [0.2, 0.25) is 5.88 Å². The maximum atomic E-state index is 6.46. The van der Waals surface area contributed by atoms with Crippen molar-refractivity contribution >= 4 is 34.1 Å². The van der Waals surface area contributed by atoms with Crippen LogP contribution < -0.4 is 10.5 Å². The number of aromatic nitrogens is 2. The molecule has 2 rings (SSSR count). The second-order valence-electron chi connectivity index (χ2n) is 7.40. The third-order valence-corrected chi connectivity index (χ3v) is 6.17. The molecule has 25 heavy (non-hydrogen) atoms. The predicted molar refractivity (Wildman–Crippen MR) is 109 cm³/mol. The highest BCUT2D eigenvalue weighted by molar-refractivity contribution is 7.99. The van der Waals surface area contributed by atoms with E-state index in [-0.39, 0.29) is 10.9 Å². The maximum absolute atomic E-state index is 6.46. The summed E-state index contributed by atoms with van der Waals surface area (Å²) in [6.07, 6.45) is 7.40. The lowest BCUT2D eigenvalue weighted by Gasteiger charge is -2.28. The molecule has 0 aromatic carbocycles. The largest absolute Gasteiger partial charge is 0.474 e. The molecule has 0 saturated carbocycles. The first-order valence-corrected chi connectivity index (χ1v) is 10.2. The van der Waals surface area contributed by atoms with Crippen LogP contribution in [0.5, 0.6) is 5.88 Å². The molecule has 138 valence electrons. The van der Waals surface area contributed by atoms with Crippen LogP contribution >= 0.6 is 23.4 Å². The standard InChI is InChI=1S/C19H28ClN3OS/c1-7-19(5,21)15-11-23-17(14-10-22-16(20)8-13(14)15)24-12(2)9-18(3,4)25-6/h8,10-12H,7,9,21H2,1-6H3/t12?,19-/m1/s1. The molecule has 2 N–H and O–H groups in total. The zero-order valence-corrected chi connectivity index (χ0v) is 17.5. The number of nitrogens with two attached hydrogens (primary N) is 1. The van der Waals surface area contributed by atoms with Gasteiger partial charge >= 0.3 is 0 Å². The number of thioether (sulfide) groups is 1. The molecule has 0 aliphatic heterocycles. The van der Waals surface area contributed by atoms with Gasteiger partial charge < -0.3 is 10.5 Å². The van der Waals surface area contributed by atoms with Gasteiger partial charge in [0, 0.05) is 22.7 Å². The fourth-order valence-corrected chi connectivity index (χ4v) is 3.39. The Balaban J connectivity index is 2.45. The Bertz CT molecular complexity index is 749. The van der Waals surface area contributed by atoms with E-state index >= 15 is 0 Å². The van der Waals surface area contributed by atoms with Gasteiger partial charge in [-0.2, -0.15) is 11.8 Å². The first-order chi connectivity index (χ1) is 11.6. The molecule has 0 fully saturated rings. The van der Waals surface area contributed by atoms with Gasteiger partial charge in [-0.1, -0.05) is 32.4 Å². The highest BCUT2D eigenvalue weighted by Gasteiger charge is 2.25. The van der Waals surface area contributed by atoms with Crippen molar-refractivity contribution in [2.24, 2.45) is 5.73 Å². The number of pyridine rings is 2. The van der Waals surface area contributed by atoms with E-state index in [0.717, 1.165) is 29.2 Å². The monoisotopic (exact) mass is 381 g/mol. The van der Waals surface area contributed by atoms with Gasteiger partial charge in [-0.15, -0.1) is 0 Å². The van der Waals surface area contributed by atoms with Crippen molar-refractivity contribution in [3.8, 4) is 5.88 Å². The van der Waals surface area contributed by atoms with E-state index in [9.17, 15) is 0 Å². The zero-order chi connectivity index (χ0) is 18.8. The summed E-state index contributed by atoms with van der Waals surface area (Å²) in [5.41, 5.74) is 6.93.